The van der Waals surface area contributed by atoms with Crippen LogP contribution < -0.4 is 11.1 Å². The molecule has 0 spiro atoms. The highest BCUT2D eigenvalue weighted by Crippen LogP contribution is 2.48. The quantitative estimate of drug-likeness (QED) is 0.834. The molecule has 0 radical (unpaired) electrons. The predicted molar refractivity (Wildman–Crippen MR) is 83.6 cm³/mol. The number of hydrogen-bond acceptors (Lipinski definition) is 3. The van der Waals surface area contributed by atoms with Crippen molar-refractivity contribution in [3.05, 3.63) is 30.5 Å². The summed E-state index contributed by atoms with van der Waals surface area (Å²) in [6, 6.07) is 8.10. The van der Waals surface area contributed by atoms with Crippen LogP contribution in [0.5, 0.6) is 0 Å². The van der Waals surface area contributed by atoms with E-state index < -0.39 is 0 Å². The third-order valence-electron chi connectivity index (χ3n) is 5.27. The Bertz CT molecular complexity index is 637. The molecule has 2 aliphatic carbocycles. The number of hydrogen-bond donors (Lipinski definition) is 2. The van der Waals surface area contributed by atoms with Gasteiger partial charge in [0.25, 0.3) is 0 Å². The second-order valence-electron chi connectivity index (χ2n) is 6.41. The van der Waals surface area contributed by atoms with Crippen molar-refractivity contribution in [2.45, 2.75) is 25.7 Å². The Labute approximate surface area is 119 Å². The maximum Gasteiger partial charge on any atom is 0.0724 e. The summed E-state index contributed by atoms with van der Waals surface area (Å²) in [7, 11) is 0. The highest BCUT2D eigenvalue weighted by molar-refractivity contribution is 5.96. The first-order chi connectivity index (χ1) is 9.81. The highest BCUT2D eigenvalue weighted by atomic mass is 14.9. The number of benzene rings is 1. The molecule has 3 unspecified atom stereocenters. The molecule has 1 aromatic heterocycles. The van der Waals surface area contributed by atoms with Crippen LogP contribution in [0.4, 0.5) is 11.4 Å². The summed E-state index contributed by atoms with van der Waals surface area (Å²) < 4.78 is 0. The van der Waals surface area contributed by atoms with Crippen LogP contribution in [0, 0.1) is 17.8 Å². The number of pyridine rings is 1. The number of nitrogens with one attached hydrogen (secondary N) is 1. The molecule has 2 aliphatic rings. The zero-order valence-corrected chi connectivity index (χ0v) is 11.7. The van der Waals surface area contributed by atoms with E-state index in [1.165, 1.54) is 25.7 Å². The average molecular weight is 267 g/mol. The van der Waals surface area contributed by atoms with Gasteiger partial charge in [-0.1, -0.05) is 6.42 Å². The van der Waals surface area contributed by atoms with Gasteiger partial charge in [0, 0.05) is 18.1 Å². The summed E-state index contributed by atoms with van der Waals surface area (Å²) in [4.78, 5) is 4.34. The first-order valence-electron chi connectivity index (χ1n) is 7.68. The van der Waals surface area contributed by atoms with Gasteiger partial charge in [-0.05, 0) is 61.3 Å². The minimum atomic E-state index is 0.832. The Morgan fingerprint density at radius 2 is 2.15 bits per heavy atom. The van der Waals surface area contributed by atoms with Crippen molar-refractivity contribution >= 4 is 22.3 Å². The summed E-state index contributed by atoms with van der Waals surface area (Å²) in [6.45, 7) is 1.07. The number of rotatable bonds is 3. The van der Waals surface area contributed by atoms with Gasteiger partial charge in [0.2, 0.25) is 0 Å². The molecule has 0 aliphatic heterocycles. The molecule has 1 aromatic carbocycles. The van der Waals surface area contributed by atoms with Gasteiger partial charge in [0.1, 0.15) is 0 Å². The molecular formula is C17H21N3. The molecule has 104 valence electrons. The first-order valence-corrected chi connectivity index (χ1v) is 7.68. The van der Waals surface area contributed by atoms with E-state index in [-0.39, 0.29) is 0 Å². The second kappa shape index (κ2) is 4.65. The molecule has 0 amide bonds. The average Bonchev–Trinajstić information content (AvgIpc) is 3.09. The van der Waals surface area contributed by atoms with Crippen LogP contribution in [0.1, 0.15) is 25.7 Å². The van der Waals surface area contributed by atoms with E-state index in [0.29, 0.717) is 0 Å². The Balaban J connectivity index is 1.52. The van der Waals surface area contributed by atoms with E-state index in [0.717, 1.165) is 46.6 Å². The lowest BCUT2D eigenvalue weighted by molar-refractivity contribution is 0.348. The summed E-state index contributed by atoms with van der Waals surface area (Å²) in [5.41, 5.74) is 9.14. The van der Waals surface area contributed by atoms with Crippen LogP contribution in [0.15, 0.2) is 30.5 Å². The van der Waals surface area contributed by atoms with Crippen molar-refractivity contribution in [1.29, 1.82) is 0 Å². The maximum atomic E-state index is 6.28. The molecular weight excluding hydrogens is 246 g/mol. The SMILES string of the molecule is Nc1c(NCC2CC3CCC2C3)ccc2ncccc12. The first kappa shape index (κ1) is 12.0. The van der Waals surface area contributed by atoms with Crippen LogP contribution >= 0.6 is 0 Å². The van der Waals surface area contributed by atoms with Crippen molar-refractivity contribution in [3.8, 4) is 0 Å². The molecule has 3 heteroatoms. The monoisotopic (exact) mass is 267 g/mol. The van der Waals surface area contributed by atoms with Crippen LogP contribution in [0.25, 0.3) is 10.9 Å². The van der Waals surface area contributed by atoms with Gasteiger partial charge in [0.15, 0.2) is 0 Å². The number of aromatic nitrogens is 1. The molecule has 3 nitrogen and oxygen atoms in total. The van der Waals surface area contributed by atoms with E-state index in [1.54, 1.807) is 0 Å². The summed E-state index contributed by atoms with van der Waals surface area (Å²) in [5.74, 6) is 2.80. The molecule has 20 heavy (non-hydrogen) atoms. The Kier molecular flexibility index (Phi) is 2.79. The van der Waals surface area contributed by atoms with Crippen molar-refractivity contribution in [2.24, 2.45) is 17.8 Å². The van der Waals surface area contributed by atoms with Crippen LogP contribution in [-0.4, -0.2) is 11.5 Å². The van der Waals surface area contributed by atoms with Crippen LogP contribution in [-0.2, 0) is 0 Å². The fraction of sp³-hybridized carbons (Fsp3) is 0.471. The zero-order chi connectivity index (χ0) is 13.5. The van der Waals surface area contributed by atoms with E-state index >= 15 is 0 Å². The van der Waals surface area contributed by atoms with Crippen molar-refractivity contribution in [3.63, 3.8) is 0 Å². The fourth-order valence-electron chi connectivity index (χ4n) is 4.20. The van der Waals surface area contributed by atoms with Gasteiger partial charge < -0.3 is 11.1 Å². The lowest BCUT2D eigenvalue weighted by Crippen LogP contribution is -2.20. The largest absolute Gasteiger partial charge is 0.397 e. The van der Waals surface area contributed by atoms with Crippen molar-refractivity contribution < 1.29 is 0 Å². The Morgan fingerprint density at radius 3 is 2.95 bits per heavy atom. The van der Waals surface area contributed by atoms with Gasteiger partial charge in [0.05, 0.1) is 16.9 Å². The van der Waals surface area contributed by atoms with Gasteiger partial charge in [-0.2, -0.15) is 0 Å². The molecule has 3 N–H and O–H groups in total. The van der Waals surface area contributed by atoms with Crippen LogP contribution in [0.3, 0.4) is 0 Å². The minimum Gasteiger partial charge on any atom is -0.397 e. The molecule has 4 rings (SSSR count). The summed E-state index contributed by atoms with van der Waals surface area (Å²) in [5, 5.41) is 4.63. The van der Waals surface area contributed by atoms with E-state index in [2.05, 4.69) is 22.4 Å². The molecule has 2 aromatic rings. The van der Waals surface area contributed by atoms with E-state index in [1.807, 2.05) is 18.3 Å². The zero-order valence-electron chi connectivity index (χ0n) is 11.7. The number of nitrogen functional groups attached to an aromatic ring is 1. The number of nitrogens with two attached hydrogens (primary N) is 1. The lowest BCUT2D eigenvalue weighted by atomic mass is 9.89. The lowest BCUT2D eigenvalue weighted by Gasteiger charge is -2.23. The molecule has 1 heterocycles. The highest BCUT2D eigenvalue weighted by Gasteiger charge is 2.39. The predicted octanol–water partition coefficient (Wildman–Crippen LogP) is 3.67. The standard InChI is InChI=1S/C17H21N3/c18-17-14-2-1-7-19-15(14)5-6-16(17)20-10-13-9-11-3-4-12(13)8-11/h1-2,5-7,11-13,20H,3-4,8-10,18H2. The number of nitrogens with zero attached hydrogens (tertiary/aromatic N) is 1. The van der Waals surface area contributed by atoms with Crippen molar-refractivity contribution in [2.75, 3.05) is 17.6 Å². The minimum absolute atomic E-state index is 0.832. The molecule has 2 fully saturated rings. The number of anilines is 2. The van der Waals surface area contributed by atoms with E-state index in [9.17, 15) is 0 Å². The molecule has 3 atom stereocenters. The normalized spacial score (nSPS) is 28.1. The molecule has 2 saturated carbocycles. The summed E-state index contributed by atoms with van der Waals surface area (Å²) in [6.07, 6.45) is 7.58. The van der Waals surface area contributed by atoms with Crippen molar-refractivity contribution in [1.82, 2.24) is 4.98 Å². The smallest absolute Gasteiger partial charge is 0.0724 e. The maximum absolute atomic E-state index is 6.28. The number of fused-ring (bicyclic) bond motifs is 3. The van der Waals surface area contributed by atoms with Gasteiger partial charge >= 0.3 is 0 Å². The third kappa shape index (κ3) is 1.92. The molecule has 0 saturated heterocycles. The van der Waals surface area contributed by atoms with Gasteiger partial charge in [-0.15, -0.1) is 0 Å². The van der Waals surface area contributed by atoms with E-state index in [4.69, 9.17) is 5.73 Å². The van der Waals surface area contributed by atoms with Gasteiger partial charge in [-0.25, -0.2) is 0 Å². The second-order valence-corrected chi connectivity index (χ2v) is 6.41. The van der Waals surface area contributed by atoms with Gasteiger partial charge in [-0.3, -0.25) is 4.98 Å². The Morgan fingerprint density at radius 1 is 1.20 bits per heavy atom. The van der Waals surface area contributed by atoms with Crippen LogP contribution in [0.2, 0.25) is 0 Å². The summed E-state index contributed by atoms with van der Waals surface area (Å²) >= 11 is 0. The Hall–Kier alpha value is -1.77. The molecule has 2 bridgehead atoms. The third-order valence-corrected chi connectivity index (χ3v) is 5.27. The topological polar surface area (TPSA) is 50.9 Å². The fourth-order valence-corrected chi connectivity index (χ4v) is 4.20.